The summed E-state index contributed by atoms with van der Waals surface area (Å²) in [7, 11) is 0. The van der Waals surface area contributed by atoms with Gasteiger partial charge in [-0.3, -0.25) is 9.59 Å². The van der Waals surface area contributed by atoms with Gasteiger partial charge in [-0.25, -0.2) is 8.78 Å². The molecule has 0 radical (unpaired) electrons. The van der Waals surface area contributed by atoms with Crippen molar-refractivity contribution in [3.05, 3.63) is 82.3 Å². The lowest BCUT2D eigenvalue weighted by molar-refractivity contribution is -0.139. The summed E-state index contributed by atoms with van der Waals surface area (Å²) in [4.78, 5) is 29.2. The minimum Gasteiger partial charge on any atom is -0.374 e. The van der Waals surface area contributed by atoms with Crippen molar-refractivity contribution in [3.8, 4) is 0 Å². The largest absolute Gasteiger partial charge is 0.416 e. The maximum absolute atomic E-state index is 13.7. The van der Waals surface area contributed by atoms with Crippen molar-refractivity contribution < 1.29 is 31.5 Å². The molecular formula is C28H27F5N2O2. The van der Waals surface area contributed by atoms with Gasteiger partial charge in [-0.05, 0) is 59.7 Å². The summed E-state index contributed by atoms with van der Waals surface area (Å²) < 4.78 is 67.1. The Labute approximate surface area is 211 Å². The fourth-order valence-electron chi connectivity index (χ4n) is 6.05. The van der Waals surface area contributed by atoms with Gasteiger partial charge in [0.05, 0.1) is 18.0 Å². The van der Waals surface area contributed by atoms with Crippen LogP contribution in [0.2, 0.25) is 0 Å². The molecule has 1 aliphatic carbocycles. The molecule has 4 nitrogen and oxygen atoms in total. The lowest BCUT2D eigenvalue weighted by atomic mass is 9.78. The van der Waals surface area contributed by atoms with Crippen LogP contribution in [-0.2, 0) is 28.9 Å². The number of hydrogen-bond donors (Lipinski definition) is 0. The van der Waals surface area contributed by atoms with Crippen molar-refractivity contribution in [1.82, 2.24) is 9.80 Å². The molecule has 0 spiro atoms. The summed E-state index contributed by atoms with van der Waals surface area (Å²) in [6.07, 6.45) is -1.37. The minimum absolute atomic E-state index is 0.0164. The molecule has 2 aromatic rings. The summed E-state index contributed by atoms with van der Waals surface area (Å²) in [5.41, 5.74) is 0.756. The molecule has 2 unspecified atom stereocenters. The van der Waals surface area contributed by atoms with Crippen molar-refractivity contribution in [3.63, 3.8) is 0 Å². The summed E-state index contributed by atoms with van der Waals surface area (Å²) in [6, 6.07) is 8.55. The number of fused-ring (bicyclic) bond motifs is 1. The lowest BCUT2D eigenvalue weighted by Crippen LogP contribution is -2.46. The molecule has 0 N–H and O–H groups in total. The third kappa shape index (κ3) is 5.26. The van der Waals surface area contributed by atoms with Crippen LogP contribution in [0.3, 0.4) is 0 Å². The smallest absolute Gasteiger partial charge is 0.374 e. The fourth-order valence-corrected chi connectivity index (χ4v) is 6.05. The van der Waals surface area contributed by atoms with Crippen LogP contribution in [0.4, 0.5) is 22.0 Å². The van der Waals surface area contributed by atoms with E-state index in [0.29, 0.717) is 32.4 Å². The molecule has 9 heteroatoms. The van der Waals surface area contributed by atoms with Gasteiger partial charge in [0.2, 0.25) is 5.91 Å². The van der Waals surface area contributed by atoms with Gasteiger partial charge in [0.15, 0.2) is 5.78 Å². The predicted molar refractivity (Wildman–Crippen MR) is 126 cm³/mol. The number of likely N-dealkylation sites (tertiary alicyclic amines) is 2. The number of ketones is 1. The molecule has 2 fully saturated rings. The number of rotatable bonds is 5. The number of amides is 1. The van der Waals surface area contributed by atoms with E-state index in [9.17, 15) is 31.5 Å². The normalized spacial score (nSPS) is 23.9. The number of carbonyl (C=O) groups excluding carboxylic acids is 2. The van der Waals surface area contributed by atoms with E-state index in [1.54, 1.807) is 23.1 Å². The zero-order chi connectivity index (χ0) is 26.3. The number of benzene rings is 2. The van der Waals surface area contributed by atoms with Gasteiger partial charge < -0.3 is 9.80 Å². The number of piperidine rings is 1. The van der Waals surface area contributed by atoms with Gasteiger partial charge in [-0.15, -0.1) is 0 Å². The second kappa shape index (κ2) is 9.91. The highest BCUT2D eigenvalue weighted by Gasteiger charge is 2.46. The van der Waals surface area contributed by atoms with Crippen LogP contribution in [0.25, 0.3) is 0 Å². The van der Waals surface area contributed by atoms with E-state index >= 15 is 0 Å². The number of halogens is 5. The van der Waals surface area contributed by atoms with Gasteiger partial charge >= 0.3 is 6.18 Å². The van der Waals surface area contributed by atoms with E-state index in [0.717, 1.165) is 29.9 Å². The number of nitrogens with zero attached hydrogens (tertiary/aromatic N) is 2. The Hall–Kier alpha value is -3.23. The predicted octanol–water partition coefficient (Wildman–Crippen LogP) is 5.62. The third-order valence-corrected chi connectivity index (χ3v) is 7.76. The summed E-state index contributed by atoms with van der Waals surface area (Å²) in [6.45, 7) is 0.732. The molecule has 2 aliphatic heterocycles. The molecule has 2 saturated heterocycles. The maximum atomic E-state index is 13.7. The summed E-state index contributed by atoms with van der Waals surface area (Å²) in [5, 5.41) is 0. The van der Waals surface area contributed by atoms with Gasteiger partial charge in [-0.2, -0.15) is 13.2 Å². The number of allylic oxidation sites excluding steroid dienone is 2. The molecule has 2 aromatic carbocycles. The van der Waals surface area contributed by atoms with Gasteiger partial charge in [0.1, 0.15) is 12.5 Å². The second-order valence-electron chi connectivity index (χ2n) is 10.1. The monoisotopic (exact) mass is 518 g/mol. The van der Waals surface area contributed by atoms with Crippen LogP contribution in [0.15, 0.2) is 54.2 Å². The molecule has 1 amide bonds. The van der Waals surface area contributed by atoms with Crippen molar-refractivity contribution >= 4 is 11.7 Å². The first-order valence-electron chi connectivity index (χ1n) is 12.4. The molecule has 0 aromatic heterocycles. The van der Waals surface area contributed by atoms with Crippen LogP contribution >= 0.6 is 0 Å². The zero-order valence-corrected chi connectivity index (χ0v) is 20.1. The van der Waals surface area contributed by atoms with Crippen molar-refractivity contribution in [2.24, 2.45) is 11.8 Å². The Morgan fingerprint density at radius 1 is 1.00 bits per heavy atom. The van der Waals surface area contributed by atoms with Crippen molar-refractivity contribution in [2.45, 2.75) is 44.6 Å². The van der Waals surface area contributed by atoms with E-state index in [1.807, 2.05) is 0 Å². The zero-order valence-electron chi connectivity index (χ0n) is 20.1. The second-order valence-corrected chi connectivity index (χ2v) is 10.1. The summed E-state index contributed by atoms with van der Waals surface area (Å²) >= 11 is 0. The average Bonchev–Trinajstić information content (AvgIpc) is 3.49. The Balaban J connectivity index is 1.44. The van der Waals surface area contributed by atoms with Crippen molar-refractivity contribution in [2.75, 3.05) is 19.6 Å². The number of hydrogen-bond acceptors (Lipinski definition) is 3. The van der Waals surface area contributed by atoms with Crippen LogP contribution in [0.5, 0.6) is 0 Å². The topological polar surface area (TPSA) is 40.6 Å². The van der Waals surface area contributed by atoms with Crippen LogP contribution in [-0.4, -0.2) is 41.1 Å². The van der Waals surface area contributed by atoms with Gasteiger partial charge in [0, 0.05) is 43.7 Å². The number of alkyl halides is 4. The van der Waals surface area contributed by atoms with Crippen molar-refractivity contribution in [1.29, 1.82) is 0 Å². The third-order valence-electron chi connectivity index (χ3n) is 7.76. The van der Waals surface area contributed by atoms with E-state index in [4.69, 9.17) is 0 Å². The highest BCUT2D eigenvalue weighted by atomic mass is 19.4. The van der Waals surface area contributed by atoms with Gasteiger partial charge in [0.25, 0.3) is 0 Å². The molecule has 0 bridgehead atoms. The average molecular weight is 519 g/mol. The Kier molecular flexibility index (Phi) is 6.81. The molecule has 37 heavy (non-hydrogen) atoms. The van der Waals surface area contributed by atoms with Crippen LogP contribution in [0.1, 0.15) is 47.6 Å². The maximum Gasteiger partial charge on any atom is 0.416 e. The van der Waals surface area contributed by atoms with E-state index in [2.05, 4.69) is 4.90 Å². The molecule has 3 atom stereocenters. The van der Waals surface area contributed by atoms with E-state index in [-0.39, 0.29) is 47.1 Å². The van der Waals surface area contributed by atoms with E-state index < -0.39 is 24.2 Å². The molecule has 0 saturated carbocycles. The fraction of sp³-hybridized carbons (Fsp3) is 0.429. The lowest BCUT2D eigenvalue weighted by Gasteiger charge is -2.43. The Morgan fingerprint density at radius 3 is 2.38 bits per heavy atom. The number of carbonyl (C=O) groups is 2. The first-order chi connectivity index (χ1) is 17.6. The Bertz CT molecular complexity index is 1220. The minimum atomic E-state index is -4.65. The first-order valence-corrected chi connectivity index (χ1v) is 12.4. The van der Waals surface area contributed by atoms with Crippen LogP contribution < -0.4 is 0 Å². The first kappa shape index (κ1) is 25.4. The molecule has 5 rings (SSSR count). The van der Waals surface area contributed by atoms with Gasteiger partial charge in [-0.1, -0.05) is 18.2 Å². The molecule has 3 aliphatic rings. The summed E-state index contributed by atoms with van der Waals surface area (Å²) in [5.74, 6) is -0.388. The van der Waals surface area contributed by atoms with Crippen LogP contribution in [0, 0.1) is 17.7 Å². The van der Waals surface area contributed by atoms with E-state index in [1.165, 1.54) is 18.2 Å². The molecule has 2 heterocycles. The standard InChI is InChI=1S/C28H27F5N2O2/c29-14-18-9-17(10-21(11-18)28(31,32)33)12-26(37)35-8-7-20-15-34(23-5-6-24(36)13-23)16-25(20)27(35)19-1-3-22(30)4-2-19/h1-4,9-11,13,20,25,27H,5-8,12,14-16H2/t20?,25-,27?/m1/s1. The quantitative estimate of drug-likeness (QED) is 0.482. The highest BCUT2D eigenvalue weighted by Crippen LogP contribution is 2.45. The highest BCUT2D eigenvalue weighted by molar-refractivity contribution is 5.92. The SMILES string of the molecule is O=C1C=C(N2CC3CCN(C(=O)Cc4cc(CF)cc(C(F)(F)F)c4)C(c4ccc(F)cc4)[C@@H]3C2)CC1. The Morgan fingerprint density at radius 2 is 1.73 bits per heavy atom. The molecular weight excluding hydrogens is 491 g/mol. The molecule has 196 valence electrons.